The van der Waals surface area contributed by atoms with Crippen molar-refractivity contribution in [1.82, 2.24) is 15.1 Å². The highest BCUT2D eigenvalue weighted by Gasteiger charge is 2.55. The zero-order chi connectivity index (χ0) is 23.5. The number of carbonyl (C=O) groups excluding carboxylic acids is 3. The van der Waals surface area contributed by atoms with Crippen molar-refractivity contribution in [3.8, 4) is 0 Å². The van der Waals surface area contributed by atoms with E-state index < -0.39 is 11.6 Å². The Kier molecular flexibility index (Phi) is 5.88. The number of rotatable bonds is 7. The molecule has 172 valence electrons. The molecule has 4 amide bonds. The molecule has 5 rings (SSSR count). The van der Waals surface area contributed by atoms with Crippen molar-refractivity contribution >= 4 is 17.8 Å². The van der Waals surface area contributed by atoms with Crippen molar-refractivity contribution in [2.24, 2.45) is 0 Å². The minimum atomic E-state index is -1.05. The minimum Gasteiger partial charge on any atom is -0.336 e. The van der Waals surface area contributed by atoms with Gasteiger partial charge in [-0.1, -0.05) is 84.9 Å². The van der Waals surface area contributed by atoms with Crippen LogP contribution in [0.1, 0.15) is 28.7 Å². The first-order chi connectivity index (χ1) is 16.6. The highest BCUT2D eigenvalue weighted by atomic mass is 16.2. The fraction of sp³-hybridized carbons (Fsp3) is 0.250. The summed E-state index contributed by atoms with van der Waals surface area (Å²) in [7, 11) is 0. The highest BCUT2D eigenvalue weighted by Crippen LogP contribution is 2.41. The Hall–Kier alpha value is -3.93. The summed E-state index contributed by atoms with van der Waals surface area (Å²) in [6.45, 7) is 0.649. The van der Waals surface area contributed by atoms with Crippen molar-refractivity contribution in [1.29, 1.82) is 0 Å². The molecule has 3 aromatic rings. The van der Waals surface area contributed by atoms with E-state index in [-0.39, 0.29) is 18.4 Å². The molecule has 34 heavy (non-hydrogen) atoms. The molecule has 1 unspecified atom stereocenters. The molecule has 1 spiro atoms. The van der Waals surface area contributed by atoms with Crippen LogP contribution in [0.4, 0.5) is 4.79 Å². The van der Waals surface area contributed by atoms with Gasteiger partial charge in [-0.15, -0.1) is 0 Å². The summed E-state index contributed by atoms with van der Waals surface area (Å²) in [6.07, 6.45) is 1.93. The first-order valence-corrected chi connectivity index (χ1v) is 11.6. The minimum absolute atomic E-state index is 0.244. The van der Waals surface area contributed by atoms with Crippen molar-refractivity contribution in [2.45, 2.75) is 31.3 Å². The SMILES string of the molecule is O=C(CN1C(=O)NC2(CCc3ccccc32)C1=O)N(CCc1ccccc1)Cc1ccccc1. The van der Waals surface area contributed by atoms with Crippen LogP contribution in [0, 0.1) is 0 Å². The molecular formula is C28H27N3O3. The monoisotopic (exact) mass is 453 g/mol. The Bertz CT molecular complexity index is 1210. The second-order valence-electron chi connectivity index (χ2n) is 8.92. The molecule has 0 saturated carbocycles. The molecule has 1 fully saturated rings. The topological polar surface area (TPSA) is 69.7 Å². The third-order valence-corrected chi connectivity index (χ3v) is 6.80. The number of carbonyl (C=O) groups is 3. The first kappa shape index (κ1) is 21.9. The Balaban J connectivity index is 1.34. The van der Waals surface area contributed by atoms with E-state index in [1.165, 1.54) is 0 Å². The molecule has 6 heteroatoms. The van der Waals surface area contributed by atoms with Gasteiger partial charge in [-0.05, 0) is 41.5 Å². The maximum Gasteiger partial charge on any atom is 0.325 e. The predicted octanol–water partition coefficient (Wildman–Crippen LogP) is 3.65. The van der Waals surface area contributed by atoms with Crippen LogP contribution in [0.15, 0.2) is 84.9 Å². The highest BCUT2D eigenvalue weighted by molar-refractivity contribution is 6.09. The van der Waals surface area contributed by atoms with Gasteiger partial charge in [0.2, 0.25) is 5.91 Å². The fourth-order valence-corrected chi connectivity index (χ4v) is 4.97. The number of amides is 4. The maximum atomic E-state index is 13.5. The molecule has 1 atom stereocenters. The number of benzene rings is 3. The van der Waals surface area contributed by atoms with Crippen molar-refractivity contribution in [3.63, 3.8) is 0 Å². The largest absolute Gasteiger partial charge is 0.336 e. The van der Waals surface area contributed by atoms with Gasteiger partial charge in [-0.3, -0.25) is 14.5 Å². The molecular weight excluding hydrogens is 426 g/mol. The summed E-state index contributed by atoms with van der Waals surface area (Å²) < 4.78 is 0. The predicted molar refractivity (Wildman–Crippen MR) is 129 cm³/mol. The van der Waals surface area contributed by atoms with E-state index in [0.717, 1.165) is 33.6 Å². The maximum absolute atomic E-state index is 13.5. The zero-order valence-corrected chi connectivity index (χ0v) is 18.9. The van der Waals surface area contributed by atoms with Crippen LogP contribution in [0.25, 0.3) is 0 Å². The van der Waals surface area contributed by atoms with Gasteiger partial charge in [0, 0.05) is 13.1 Å². The lowest BCUT2D eigenvalue weighted by molar-refractivity contribution is -0.139. The lowest BCUT2D eigenvalue weighted by atomic mass is 9.92. The Morgan fingerprint density at radius 2 is 1.53 bits per heavy atom. The molecule has 1 aliphatic heterocycles. The van der Waals surface area contributed by atoms with Crippen LogP contribution in [-0.2, 0) is 34.5 Å². The Morgan fingerprint density at radius 3 is 2.26 bits per heavy atom. The normalized spacial score (nSPS) is 18.8. The van der Waals surface area contributed by atoms with E-state index in [1.54, 1.807) is 4.90 Å². The van der Waals surface area contributed by atoms with Gasteiger partial charge in [0.05, 0.1) is 0 Å². The van der Waals surface area contributed by atoms with Crippen molar-refractivity contribution in [3.05, 3.63) is 107 Å². The van der Waals surface area contributed by atoms with E-state index >= 15 is 0 Å². The van der Waals surface area contributed by atoms with Crippen molar-refractivity contribution < 1.29 is 14.4 Å². The van der Waals surface area contributed by atoms with Gasteiger partial charge in [0.1, 0.15) is 12.1 Å². The van der Waals surface area contributed by atoms with Crippen LogP contribution in [-0.4, -0.2) is 40.7 Å². The lowest BCUT2D eigenvalue weighted by Gasteiger charge is -2.26. The van der Waals surface area contributed by atoms with E-state index in [4.69, 9.17) is 0 Å². The van der Waals surface area contributed by atoms with Crippen LogP contribution in [0.5, 0.6) is 0 Å². The second kappa shape index (κ2) is 9.14. The number of nitrogens with zero attached hydrogens (tertiary/aromatic N) is 2. The standard InChI is InChI=1S/C28H27N3O3/c32-25(30(19-22-11-5-2-6-12-22)18-16-21-9-3-1-4-10-21)20-31-26(33)28(29-27(31)34)17-15-23-13-7-8-14-24(23)28/h1-14H,15-20H2,(H,29,34). The lowest BCUT2D eigenvalue weighted by Crippen LogP contribution is -2.45. The van der Waals surface area contributed by atoms with Crippen LogP contribution in [0.2, 0.25) is 0 Å². The number of aryl methyl sites for hydroxylation is 1. The molecule has 0 aromatic heterocycles. The molecule has 1 N–H and O–H groups in total. The van der Waals surface area contributed by atoms with E-state index in [2.05, 4.69) is 5.32 Å². The quantitative estimate of drug-likeness (QED) is 0.555. The van der Waals surface area contributed by atoms with Gasteiger partial charge in [-0.25, -0.2) is 4.79 Å². The van der Waals surface area contributed by atoms with Crippen LogP contribution in [0.3, 0.4) is 0 Å². The van der Waals surface area contributed by atoms with Gasteiger partial charge in [-0.2, -0.15) is 0 Å². The number of hydrogen-bond acceptors (Lipinski definition) is 3. The third-order valence-electron chi connectivity index (χ3n) is 6.80. The zero-order valence-electron chi connectivity index (χ0n) is 18.9. The number of nitrogens with one attached hydrogen (secondary N) is 1. The fourth-order valence-electron chi connectivity index (χ4n) is 4.97. The molecule has 0 radical (unpaired) electrons. The van der Waals surface area contributed by atoms with E-state index in [9.17, 15) is 14.4 Å². The summed E-state index contributed by atoms with van der Waals surface area (Å²) in [5, 5.41) is 2.90. The van der Waals surface area contributed by atoms with E-state index in [1.807, 2.05) is 84.9 Å². The Morgan fingerprint density at radius 1 is 0.882 bits per heavy atom. The summed E-state index contributed by atoms with van der Waals surface area (Å²) >= 11 is 0. The molecule has 3 aromatic carbocycles. The van der Waals surface area contributed by atoms with E-state index in [0.29, 0.717) is 25.9 Å². The average Bonchev–Trinajstić information content (AvgIpc) is 3.35. The molecule has 1 aliphatic carbocycles. The molecule has 1 saturated heterocycles. The second-order valence-corrected chi connectivity index (χ2v) is 8.92. The Labute approximate surface area is 199 Å². The van der Waals surface area contributed by atoms with Gasteiger partial charge < -0.3 is 10.2 Å². The summed E-state index contributed by atoms with van der Waals surface area (Å²) in [6, 6.07) is 26.9. The molecule has 2 aliphatic rings. The third kappa shape index (κ3) is 4.07. The summed E-state index contributed by atoms with van der Waals surface area (Å²) in [4.78, 5) is 42.6. The number of fused-ring (bicyclic) bond motifs is 2. The molecule has 6 nitrogen and oxygen atoms in total. The van der Waals surface area contributed by atoms with Gasteiger partial charge in [0.15, 0.2) is 0 Å². The number of urea groups is 1. The van der Waals surface area contributed by atoms with Crippen LogP contribution >= 0.6 is 0 Å². The molecule has 0 bridgehead atoms. The van der Waals surface area contributed by atoms with Gasteiger partial charge in [0.25, 0.3) is 5.91 Å². The summed E-state index contributed by atoms with van der Waals surface area (Å²) in [5.41, 5.74) is 2.99. The van der Waals surface area contributed by atoms with Gasteiger partial charge >= 0.3 is 6.03 Å². The number of imide groups is 1. The summed E-state index contributed by atoms with van der Waals surface area (Å²) in [5.74, 6) is -0.579. The van der Waals surface area contributed by atoms with Crippen molar-refractivity contribution in [2.75, 3.05) is 13.1 Å². The average molecular weight is 454 g/mol. The first-order valence-electron chi connectivity index (χ1n) is 11.6. The smallest absolute Gasteiger partial charge is 0.325 e. The molecule has 1 heterocycles. The number of hydrogen-bond donors (Lipinski definition) is 1. The van der Waals surface area contributed by atoms with Crippen LogP contribution < -0.4 is 5.32 Å².